The van der Waals surface area contributed by atoms with Gasteiger partial charge in [0.2, 0.25) is 0 Å². The number of hydrogen-bond acceptors (Lipinski definition) is 3. The fraction of sp³-hybridized carbons (Fsp3) is 0.556. The number of halogens is 1. The van der Waals surface area contributed by atoms with Gasteiger partial charge in [0.25, 0.3) is 0 Å². The molecular formula is C18H25ClN2OS2. The molecule has 2 rings (SSSR count). The average molecular weight is 385 g/mol. The predicted molar refractivity (Wildman–Crippen MR) is 108 cm³/mol. The zero-order valence-corrected chi connectivity index (χ0v) is 16.7. The fourth-order valence-corrected chi connectivity index (χ4v) is 4.32. The molecule has 1 aromatic rings. The summed E-state index contributed by atoms with van der Waals surface area (Å²) in [6.07, 6.45) is 6.40. The van der Waals surface area contributed by atoms with E-state index in [1.54, 1.807) is 0 Å². The molecule has 0 radical (unpaired) electrons. The van der Waals surface area contributed by atoms with Gasteiger partial charge in [0.1, 0.15) is 5.54 Å². The Morgan fingerprint density at radius 1 is 1.42 bits per heavy atom. The van der Waals surface area contributed by atoms with Gasteiger partial charge >= 0.3 is 0 Å². The van der Waals surface area contributed by atoms with E-state index in [9.17, 15) is 4.79 Å². The zero-order chi connectivity index (χ0) is 17.6. The van der Waals surface area contributed by atoms with Crippen LogP contribution in [0.15, 0.2) is 24.3 Å². The first-order chi connectivity index (χ1) is 11.5. The minimum atomic E-state index is -0.750. The van der Waals surface area contributed by atoms with Crippen LogP contribution in [-0.2, 0) is 10.3 Å². The Hall–Kier alpha value is -0.780. The molecule has 0 spiro atoms. The summed E-state index contributed by atoms with van der Waals surface area (Å²) in [5.41, 5.74) is 0.118. The van der Waals surface area contributed by atoms with Gasteiger partial charge in [-0.2, -0.15) is 11.8 Å². The molecule has 0 heterocycles. The van der Waals surface area contributed by atoms with Crippen molar-refractivity contribution in [1.29, 1.82) is 0 Å². The van der Waals surface area contributed by atoms with Crippen molar-refractivity contribution in [2.75, 3.05) is 25.6 Å². The largest absolute Gasteiger partial charge is 0.363 e. The number of rotatable bonds is 6. The first kappa shape index (κ1) is 19.5. The van der Waals surface area contributed by atoms with Crippen LogP contribution in [0.5, 0.6) is 0 Å². The van der Waals surface area contributed by atoms with Crippen molar-refractivity contribution < 1.29 is 4.79 Å². The monoisotopic (exact) mass is 384 g/mol. The summed E-state index contributed by atoms with van der Waals surface area (Å²) < 4.78 is 0. The molecule has 1 fully saturated rings. The number of Topliss-reactive ketones (excluding diaryl/α,β-unsaturated/α-hetero) is 1. The van der Waals surface area contributed by atoms with Gasteiger partial charge in [0.15, 0.2) is 10.9 Å². The SMILES string of the molecule is CSCCCNC(=S)N(C)[C@@]1(c2ccccc2Cl)CCCCC1=O. The molecule has 0 aliphatic heterocycles. The normalized spacial score (nSPS) is 20.7. The average Bonchev–Trinajstić information content (AvgIpc) is 2.59. The minimum absolute atomic E-state index is 0.206. The highest BCUT2D eigenvalue weighted by Crippen LogP contribution is 2.42. The van der Waals surface area contributed by atoms with Gasteiger partial charge in [0.05, 0.1) is 0 Å². The molecule has 0 unspecified atom stereocenters. The first-order valence-electron chi connectivity index (χ1n) is 8.33. The smallest absolute Gasteiger partial charge is 0.169 e. The molecule has 0 saturated heterocycles. The molecule has 1 saturated carbocycles. The molecule has 1 aromatic carbocycles. The Morgan fingerprint density at radius 2 is 2.17 bits per heavy atom. The Morgan fingerprint density at radius 3 is 2.83 bits per heavy atom. The highest BCUT2D eigenvalue weighted by molar-refractivity contribution is 7.98. The van der Waals surface area contributed by atoms with Crippen molar-refractivity contribution in [3.05, 3.63) is 34.9 Å². The number of nitrogens with one attached hydrogen (secondary N) is 1. The van der Waals surface area contributed by atoms with Gasteiger partial charge in [-0.1, -0.05) is 29.8 Å². The van der Waals surface area contributed by atoms with Crippen LogP contribution in [0.4, 0.5) is 0 Å². The maximum Gasteiger partial charge on any atom is 0.169 e. The minimum Gasteiger partial charge on any atom is -0.363 e. The maximum atomic E-state index is 13.0. The summed E-state index contributed by atoms with van der Waals surface area (Å²) >= 11 is 13.9. The second-order valence-corrected chi connectivity index (χ2v) is 7.89. The van der Waals surface area contributed by atoms with Crippen LogP contribution < -0.4 is 5.32 Å². The molecule has 1 N–H and O–H groups in total. The number of hydrogen-bond donors (Lipinski definition) is 1. The van der Waals surface area contributed by atoms with Crippen LogP contribution in [0.2, 0.25) is 5.02 Å². The van der Waals surface area contributed by atoms with E-state index in [1.807, 2.05) is 48.0 Å². The third kappa shape index (κ3) is 4.06. The maximum absolute atomic E-state index is 13.0. The van der Waals surface area contributed by atoms with E-state index in [0.717, 1.165) is 43.5 Å². The molecule has 0 amide bonds. The number of carbonyl (C=O) groups excluding carboxylic acids is 1. The van der Waals surface area contributed by atoms with Crippen molar-refractivity contribution in [2.24, 2.45) is 0 Å². The summed E-state index contributed by atoms with van der Waals surface area (Å²) in [7, 11) is 1.91. The molecule has 6 heteroatoms. The van der Waals surface area contributed by atoms with Crippen LogP contribution in [0, 0.1) is 0 Å². The van der Waals surface area contributed by atoms with Crippen molar-refractivity contribution in [2.45, 2.75) is 37.6 Å². The molecular weight excluding hydrogens is 360 g/mol. The summed E-state index contributed by atoms with van der Waals surface area (Å²) in [5, 5.41) is 4.54. The molecule has 0 aromatic heterocycles. The summed E-state index contributed by atoms with van der Waals surface area (Å²) in [6.45, 7) is 0.816. The number of ketones is 1. The van der Waals surface area contributed by atoms with E-state index in [1.165, 1.54) is 0 Å². The molecule has 132 valence electrons. The third-order valence-corrected chi connectivity index (χ3v) is 6.10. The Balaban J connectivity index is 2.28. The lowest BCUT2D eigenvalue weighted by Gasteiger charge is -2.45. The second kappa shape index (κ2) is 9.07. The summed E-state index contributed by atoms with van der Waals surface area (Å²) in [4.78, 5) is 14.9. The summed E-state index contributed by atoms with van der Waals surface area (Å²) in [5.74, 6) is 1.30. The summed E-state index contributed by atoms with van der Waals surface area (Å²) in [6, 6.07) is 7.64. The van der Waals surface area contributed by atoms with E-state index in [4.69, 9.17) is 23.8 Å². The van der Waals surface area contributed by atoms with Gasteiger partial charge in [-0.25, -0.2) is 0 Å². The van der Waals surface area contributed by atoms with E-state index in [-0.39, 0.29) is 5.78 Å². The predicted octanol–water partition coefficient (Wildman–Crippen LogP) is 4.24. The van der Waals surface area contributed by atoms with Gasteiger partial charge < -0.3 is 10.2 Å². The van der Waals surface area contributed by atoms with Crippen LogP contribution >= 0.6 is 35.6 Å². The Bertz CT molecular complexity index is 596. The van der Waals surface area contributed by atoms with Crippen LogP contribution in [0.3, 0.4) is 0 Å². The van der Waals surface area contributed by atoms with Crippen molar-refractivity contribution in [1.82, 2.24) is 10.2 Å². The lowest BCUT2D eigenvalue weighted by molar-refractivity contribution is -0.131. The molecule has 0 bridgehead atoms. The van der Waals surface area contributed by atoms with Crippen LogP contribution in [0.1, 0.15) is 37.7 Å². The van der Waals surface area contributed by atoms with Crippen molar-refractivity contribution in [3.8, 4) is 0 Å². The Kier molecular flexibility index (Phi) is 7.38. The number of likely N-dealkylation sites (N-methyl/N-ethyl adjacent to an activating group) is 1. The van der Waals surface area contributed by atoms with Gasteiger partial charge in [-0.15, -0.1) is 0 Å². The van der Waals surface area contributed by atoms with Crippen molar-refractivity contribution >= 4 is 46.5 Å². The number of thioether (sulfide) groups is 1. The number of benzene rings is 1. The molecule has 1 aliphatic carbocycles. The zero-order valence-electron chi connectivity index (χ0n) is 14.3. The number of thiocarbonyl (C=S) groups is 1. The number of carbonyl (C=O) groups is 1. The molecule has 3 nitrogen and oxygen atoms in total. The van der Waals surface area contributed by atoms with Crippen LogP contribution in [-0.4, -0.2) is 41.4 Å². The van der Waals surface area contributed by atoms with Crippen molar-refractivity contribution in [3.63, 3.8) is 0 Å². The first-order valence-corrected chi connectivity index (χ1v) is 10.5. The van der Waals surface area contributed by atoms with E-state index in [0.29, 0.717) is 16.6 Å². The van der Waals surface area contributed by atoms with Gasteiger partial charge in [-0.05, 0) is 56.0 Å². The Labute approximate surface area is 159 Å². The topological polar surface area (TPSA) is 32.3 Å². The second-order valence-electron chi connectivity index (χ2n) is 6.11. The lowest BCUT2D eigenvalue weighted by Crippen LogP contribution is -2.56. The van der Waals surface area contributed by atoms with Crippen LogP contribution in [0.25, 0.3) is 0 Å². The van der Waals surface area contributed by atoms with Gasteiger partial charge in [-0.3, -0.25) is 4.79 Å². The van der Waals surface area contributed by atoms with E-state index >= 15 is 0 Å². The standard InChI is InChI=1S/C18H25ClN2OS2/c1-21(17(23)20-12-7-13-24-2)18(11-6-5-10-16(18)22)14-8-3-4-9-15(14)19/h3-4,8-9H,5-7,10-13H2,1-2H3,(H,20,23)/t18-/m1/s1. The lowest BCUT2D eigenvalue weighted by atomic mass is 9.74. The van der Waals surface area contributed by atoms with E-state index in [2.05, 4.69) is 11.6 Å². The highest BCUT2D eigenvalue weighted by Gasteiger charge is 2.46. The number of nitrogens with zero attached hydrogens (tertiary/aromatic N) is 1. The molecule has 1 aliphatic rings. The fourth-order valence-electron chi connectivity index (χ4n) is 3.33. The highest BCUT2D eigenvalue weighted by atomic mass is 35.5. The molecule has 24 heavy (non-hydrogen) atoms. The quantitative estimate of drug-likeness (QED) is 0.585. The van der Waals surface area contributed by atoms with Gasteiger partial charge in [0, 0.05) is 30.6 Å². The third-order valence-electron chi connectivity index (χ3n) is 4.65. The molecule has 1 atom stereocenters. The van der Waals surface area contributed by atoms with E-state index < -0.39 is 5.54 Å².